The SMILES string of the molecule is C=N/C(=C\C(=NC)OC1CC2C=c3ccc(=O)oc3=CC2OC1(C)C)NCCCN1CCN(C)CC1. The monoisotopic (exact) mass is 497 g/mol. The maximum Gasteiger partial charge on any atom is 0.336 e. The van der Waals surface area contributed by atoms with Gasteiger partial charge in [0.05, 0.1) is 6.10 Å². The van der Waals surface area contributed by atoms with Crippen LogP contribution in [0.4, 0.5) is 0 Å². The molecule has 0 radical (unpaired) electrons. The van der Waals surface area contributed by atoms with Gasteiger partial charge < -0.3 is 29.0 Å². The third-order valence-electron chi connectivity index (χ3n) is 7.19. The Morgan fingerprint density at radius 2 is 2.06 bits per heavy atom. The van der Waals surface area contributed by atoms with Crippen LogP contribution in [0.2, 0.25) is 0 Å². The number of nitrogens with zero attached hydrogens (tertiary/aromatic N) is 4. The van der Waals surface area contributed by atoms with Gasteiger partial charge in [-0.25, -0.2) is 9.79 Å². The Morgan fingerprint density at radius 3 is 2.78 bits per heavy atom. The molecule has 2 fully saturated rings. The van der Waals surface area contributed by atoms with E-state index in [0.717, 1.165) is 57.3 Å². The lowest BCUT2D eigenvalue weighted by atomic mass is 9.82. The van der Waals surface area contributed by atoms with Gasteiger partial charge in [-0.1, -0.05) is 6.08 Å². The molecule has 36 heavy (non-hydrogen) atoms. The van der Waals surface area contributed by atoms with Crippen molar-refractivity contribution in [1.29, 1.82) is 0 Å². The molecule has 9 heteroatoms. The van der Waals surface area contributed by atoms with Crippen molar-refractivity contribution in [3.8, 4) is 0 Å². The van der Waals surface area contributed by atoms with E-state index < -0.39 is 5.60 Å². The fourth-order valence-electron chi connectivity index (χ4n) is 4.94. The van der Waals surface area contributed by atoms with Crippen molar-refractivity contribution in [3.05, 3.63) is 45.1 Å². The molecule has 1 aromatic rings. The number of likely N-dealkylation sites (N-methyl/N-ethyl adjacent to an activating group) is 1. The normalized spacial score (nSPS) is 26.7. The van der Waals surface area contributed by atoms with Crippen LogP contribution in [0.15, 0.2) is 43.2 Å². The number of piperazine rings is 1. The van der Waals surface area contributed by atoms with Gasteiger partial charge >= 0.3 is 5.63 Å². The quantitative estimate of drug-likeness (QED) is 0.319. The highest BCUT2D eigenvalue weighted by Crippen LogP contribution is 2.36. The first-order valence-electron chi connectivity index (χ1n) is 12.8. The summed E-state index contributed by atoms with van der Waals surface area (Å²) in [7, 11) is 3.88. The van der Waals surface area contributed by atoms with Gasteiger partial charge in [0.2, 0.25) is 5.90 Å². The van der Waals surface area contributed by atoms with Crippen LogP contribution in [-0.4, -0.2) is 93.6 Å². The molecule has 0 aromatic carbocycles. The summed E-state index contributed by atoms with van der Waals surface area (Å²) in [5.41, 5.74) is -0.360. The van der Waals surface area contributed by atoms with Gasteiger partial charge in [0.25, 0.3) is 0 Å². The van der Waals surface area contributed by atoms with E-state index >= 15 is 0 Å². The van der Waals surface area contributed by atoms with Gasteiger partial charge in [-0.05, 0) is 59.1 Å². The van der Waals surface area contributed by atoms with Crippen LogP contribution < -0.4 is 21.6 Å². The lowest BCUT2D eigenvalue weighted by Gasteiger charge is -2.45. The van der Waals surface area contributed by atoms with E-state index in [0.29, 0.717) is 17.1 Å². The molecule has 2 aliphatic heterocycles. The molecule has 3 aliphatic rings. The van der Waals surface area contributed by atoms with Gasteiger partial charge in [0.15, 0.2) is 0 Å². The van der Waals surface area contributed by atoms with Crippen LogP contribution in [0.1, 0.15) is 26.7 Å². The Labute approximate surface area is 212 Å². The van der Waals surface area contributed by atoms with Crippen LogP contribution in [0.25, 0.3) is 12.2 Å². The fraction of sp³-hybridized carbons (Fsp3) is 0.593. The summed E-state index contributed by atoms with van der Waals surface area (Å²) in [6, 6.07) is 3.24. The van der Waals surface area contributed by atoms with Gasteiger partial charge in [-0.2, -0.15) is 0 Å². The third-order valence-corrected chi connectivity index (χ3v) is 7.19. The standard InChI is InChI=1S/C27H39N5O4/c1-27(2)23(16-20-15-19-7-8-26(33)34-21(19)17-22(20)36-27)35-25(29-4)18-24(28-3)30-9-6-10-32-13-11-31(5)12-14-32/h7-8,15,17-18,20,22-23,30H,3,6,9-14,16H2,1-2,4-5H3/b24-18+,29-25?. The maximum absolute atomic E-state index is 11.6. The molecule has 0 amide bonds. The largest absolute Gasteiger partial charge is 0.471 e. The number of hydrogen-bond acceptors (Lipinski definition) is 9. The molecule has 4 rings (SSSR count). The molecule has 3 heterocycles. The van der Waals surface area contributed by atoms with Crippen LogP contribution in [-0.2, 0) is 9.47 Å². The number of fused-ring (bicyclic) bond motifs is 2. The molecule has 9 nitrogen and oxygen atoms in total. The second kappa shape index (κ2) is 11.5. The average molecular weight is 498 g/mol. The second-order valence-corrected chi connectivity index (χ2v) is 10.3. The summed E-state index contributed by atoms with van der Waals surface area (Å²) in [4.78, 5) is 25.0. The lowest BCUT2D eigenvalue weighted by molar-refractivity contribution is -0.159. The zero-order valence-electron chi connectivity index (χ0n) is 21.9. The summed E-state index contributed by atoms with van der Waals surface area (Å²) in [5, 5.41) is 4.26. The molecule has 1 N–H and O–H groups in total. The van der Waals surface area contributed by atoms with Crippen molar-refractivity contribution in [2.45, 2.75) is 44.5 Å². The van der Waals surface area contributed by atoms with Crippen molar-refractivity contribution in [2.75, 3.05) is 53.4 Å². The summed E-state index contributed by atoms with van der Waals surface area (Å²) in [6.45, 7) is 14.1. The minimum absolute atomic E-state index is 0.106. The topological polar surface area (TPSA) is 91.9 Å². The average Bonchev–Trinajstić information content (AvgIpc) is 2.85. The molecular formula is C27H39N5O4. The fourth-order valence-corrected chi connectivity index (χ4v) is 4.94. The number of ether oxygens (including phenoxy) is 2. The van der Waals surface area contributed by atoms with Gasteiger partial charge in [-0.15, -0.1) is 0 Å². The van der Waals surface area contributed by atoms with Crippen molar-refractivity contribution < 1.29 is 13.9 Å². The molecule has 0 bridgehead atoms. The number of nitrogens with one attached hydrogen (secondary N) is 1. The third kappa shape index (κ3) is 6.52. The van der Waals surface area contributed by atoms with Crippen molar-refractivity contribution in [2.24, 2.45) is 15.9 Å². The molecule has 0 saturated carbocycles. The summed E-state index contributed by atoms with van der Waals surface area (Å²) < 4.78 is 18.1. The Morgan fingerprint density at radius 1 is 1.28 bits per heavy atom. The second-order valence-electron chi connectivity index (χ2n) is 10.3. The summed E-state index contributed by atoms with van der Waals surface area (Å²) in [5.74, 6) is 1.23. The highest BCUT2D eigenvalue weighted by atomic mass is 16.6. The molecule has 1 aliphatic carbocycles. The Kier molecular flexibility index (Phi) is 8.43. The smallest absolute Gasteiger partial charge is 0.336 e. The zero-order chi connectivity index (χ0) is 25.7. The highest BCUT2D eigenvalue weighted by Gasteiger charge is 2.44. The van der Waals surface area contributed by atoms with Crippen molar-refractivity contribution in [1.82, 2.24) is 15.1 Å². The zero-order valence-corrected chi connectivity index (χ0v) is 21.9. The van der Waals surface area contributed by atoms with Gasteiger partial charge in [0.1, 0.15) is 22.9 Å². The first-order valence-corrected chi connectivity index (χ1v) is 12.8. The Bertz CT molecular complexity index is 1160. The van der Waals surface area contributed by atoms with Crippen LogP contribution in [0.3, 0.4) is 0 Å². The molecule has 2 saturated heterocycles. The van der Waals surface area contributed by atoms with E-state index in [-0.39, 0.29) is 23.8 Å². The van der Waals surface area contributed by atoms with Crippen LogP contribution in [0.5, 0.6) is 0 Å². The number of hydrogen-bond donors (Lipinski definition) is 1. The van der Waals surface area contributed by atoms with E-state index in [2.05, 4.69) is 44.9 Å². The Balaban J connectivity index is 1.35. The molecular weight excluding hydrogens is 458 g/mol. The van der Waals surface area contributed by atoms with Crippen LogP contribution in [0, 0.1) is 5.92 Å². The molecule has 196 valence electrons. The predicted molar refractivity (Wildman–Crippen MR) is 143 cm³/mol. The molecule has 3 unspecified atom stereocenters. The minimum Gasteiger partial charge on any atom is -0.471 e. The lowest BCUT2D eigenvalue weighted by Crippen LogP contribution is -2.53. The minimum atomic E-state index is -0.570. The highest BCUT2D eigenvalue weighted by molar-refractivity contribution is 5.88. The maximum atomic E-state index is 11.6. The van der Waals surface area contributed by atoms with E-state index in [1.54, 1.807) is 19.2 Å². The van der Waals surface area contributed by atoms with Crippen LogP contribution >= 0.6 is 0 Å². The first kappa shape index (κ1) is 26.3. The van der Waals surface area contributed by atoms with E-state index in [4.69, 9.17) is 13.9 Å². The van der Waals surface area contributed by atoms with Crippen molar-refractivity contribution in [3.63, 3.8) is 0 Å². The van der Waals surface area contributed by atoms with E-state index in [1.165, 1.54) is 6.07 Å². The molecule has 1 aromatic heterocycles. The number of aliphatic imine (C=N–C) groups is 2. The van der Waals surface area contributed by atoms with Gasteiger partial charge in [-0.3, -0.25) is 4.99 Å². The summed E-state index contributed by atoms with van der Waals surface area (Å²) >= 11 is 0. The molecule has 3 atom stereocenters. The van der Waals surface area contributed by atoms with E-state index in [1.807, 2.05) is 19.9 Å². The van der Waals surface area contributed by atoms with E-state index in [9.17, 15) is 4.79 Å². The van der Waals surface area contributed by atoms with Gasteiger partial charge in [0, 0.05) is 63.1 Å². The first-order chi connectivity index (χ1) is 17.3. The molecule has 0 spiro atoms. The Hall–Kier alpha value is -2.75. The predicted octanol–water partition coefficient (Wildman–Crippen LogP) is 0.581. The summed E-state index contributed by atoms with van der Waals surface area (Å²) in [6.07, 6.45) is 7.17. The van der Waals surface area contributed by atoms with Crippen molar-refractivity contribution >= 4 is 24.8 Å². The number of rotatable bonds is 8.